The smallest absolute Gasteiger partial charge is 0.397 e. The minimum absolute atomic E-state index is 0.124. The lowest BCUT2D eigenvalue weighted by atomic mass is 9.72. The van der Waals surface area contributed by atoms with E-state index in [4.69, 9.17) is 5.73 Å². The number of alkyl halides is 3. The molecule has 0 aliphatic heterocycles. The summed E-state index contributed by atoms with van der Waals surface area (Å²) in [7, 11) is 0. The highest BCUT2D eigenvalue weighted by Crippen LogP contribution is 2.41. The highest BCUT2D eigenvalue weighted by molar-refractivity contribution is 5.98. The van der Waals surface area contributed by atoms with Gasteiger partial charge in [0.2, 0.25) is 0 Å². The number of carbonyl (C=O) groups is 1. The van der Waals surface area contributed by atoms with Crippen LogP contribution in [-0.2, 0) is 24.6 Å². The van der Waals surface area contributed by atoms with Gasteiger partial charge in [-0.05, 0) is 68.0 Å². The molecule has 0 radical (unpaired) electrons. The first-order valence-corrected chi connectivity index (χ1v) is 11.2. The number of hydrogen-bond donors (Lipinski definition) is 3. The summed E-state index contributed by atoms with van der Waals surface area (Å²) in [5.41, 5.74) is 7.31. The van der Waals surface area contributed by atoms with Gasteiger partial charge in [0, 0.05) is 29.0 Å². The Morgan fingerprint density at radius 3 is 2.77 bits per heavy atom. The third-order valence-corrected chi connectivity index (χ3v) is 6.81. The van der Waals surface area contributed by atoms with Crippen LogP contribution in [0.5, 0.6) is 0 Å². The molecule has 7 nitrogen and oxygen atoms in total. The van der Waals surface area contributed by atoms with Crippen LogP contribution >= 0.6 is 0 Å². The van der Waals surface area contributed by atoms with Crippen molar-refractivity contribution in [3.05, 3.63) is 83.1 Å². The molecule has 3 aromatic heterocycles. The van der Waals surface area contributed by atoms with E-state index in [1.807, 2.05) is 6.07 Å². The number of fused-ring (bicyclic) bond motifs is 2. The van der Waals surface area contributed by atoms with Crippen molar-refractivity contribution in [3.63, 3.8) is 0 Å². The lowest BCUT2D eigenvalue weighted by Crippen LogP contribution is -2.51. The zero-order chi connectivity index (χ0) is 24.8. The Labute approximate surface area is 199 Å². The summed E-state index contributed by atoms with van der Waals surface area (Å²) in [6, 6.07) is 9.67. The molecule has 1 amide bonds. The zero-order valence-corrected chi connectivity index (χ0v) is 18.9. The Hall–Kier alpha value is -3.95. The van der Waals surface area contributed by atoms with E-state index in [0.29, 0.717) is 24.8 Å². The first kappa shape index (κ1) is 22.8. The molecule has 1 aliphatic rings. The summed E-state index contributed by atoms with van der Waals surface area (Å²) in [4.78, 5) is 21.9. The Bertz CT molecular complexity index is 1420. The summed E-state index contributed by atoms with van der Waals surface area (Å²) in [5.74, 6) is -0.567. The molecule has 0 saturated carbocycles. The average Bonchev–Trinajstić information content (AvgIpc) is 3.31. The summed E-state index contributed by atoms with van der Waals surface area (Å²) < 4.78 is 39.8. The van der Waals surface area contributed by atoms with Crippen LogP contribution in [0.2, 0.25) is 0 Å². The fourth-order valence-electron chi connectivity index (χ4n) is 4.85. The number of nitrogens with zero attached hydrogens (tertiary/aromatic N) is 3. The maximum atomic E-state index is 13.5. The topological polar surface area (TPSA) is 110 Å². The van der Waals surface area contributed by atoms with Gasteiger partial charge < -0.3 is 11.1 Å². The molecule has 5 rings (SSSR count). The quantitative estimate of drug-likeness (QED) is 0.401. The van der Waals surface area contributed by atoms with Crippen molar-refractivity contribution >= 4 is 22.5 Å². The van der Waals surface area contributed by atoms with Gasteiger partial charge in [-0.15, -0.1) is 0 Å². The minimum Gasteiger partial charge on any atom is -0.397 e. The number of hydrogen-bond acceptors (Lipinski definition) is 5. The molecule has 2 atom stereocenters. The molecule has 4 aromatic rings. The van der Waals surface area contributed by atoms with Crippen molar-refractivity contribution < 1.29 is 18.0 Å². The Balaban J connectivity index is 1.55. The van der Waals surface area contributed by atoms with Gasteiger partial charge in [-0.3, -0.25) is 19.9 Å². The Morgan fingerprint density at radius 2 is 2.00 bits per heavy atom. The van der Waals surface area contributed by atoms with Gasteiger partial charge in [0.25, 0.3) is 5.91 Å². The number of nitrogens with one attached hydrogen (secondary N) is 2. The van der Waals surface area contributed by atoms with Gasteiger partial charge in [0.1, 0.15) is 0 Å². The number of benzene rings is 1. The first-order chi connectivity index (χ1) is 16.6. The zero-order valence-electron chi connectivity index (χ0n) is 18.9. The Morgan fingerprint density at radius 1 is 1.17 bits per heavy atom. The fourth-order valence-corrected chi connectivity index (χ4v) is 4.85. The number of H-pyrrole nitrogens is 1. The van der Waals surface area contributed by atoms with Crippen LogP contribution in [0.1, 0.15) is 46.2 Å². The summed E-state index contributed by atoms with van der Waals surface area (Å²) in [6.45, 7) is 1.77. The van der Waals surface area contributed by atoms with Gasteiger partial charge in [0.05, 0.1) is 34.2 Å². The lowest BCUT2D eigenvalue weighted by Gasteiger charge is -2.40. The molecule has 4 N–H and O–H groups in total. The van der Waals surface area contributed by atoms with E-state index >= 15 is 0 Å². The van der Waals surface area contributed by atoms with Crippen LogP contribution in [0.15, 0.2) is 55.0 Å². The van der Waals surface area contributed by atoms with Crippen molar-refractivity contribution in [1.29, 1.82) is 0 Å². The molecule has 0 saturated heterocycles. The number of aromatic amines is 1. The predicted octanol–water partition coefficient (Wildman–Crippen LogP) is 4.40. The molecular weight excluding hydrogens is 457 g/mol. The van der Waals surface area contributed by atoms with Gasteiger partial charge in [-0.1, -0.05) is 6.07 Å². The predicted molar refractivity (Wildman–Crippen MR) is 124 cm³/mol. The van der Waals surface area contributed by atoms with Crippen LogP contribution in [0, 0.1) is 5.92 Å². The van der Waals surface area contributed by atoms with E-state index in [2.05, 4.69) is 25.5 Å². The van der Waals surface area contributed by atoms with Gasteiger partial charge in [0.15, 0.2) is 0 Å². The molecule has 1 aliphatic carbocycles. The highest BCUT2D eigenvalue weighted by atomic mass is 19.4. The molecule has 3 heterocycles. The largest absolute Gasteiger partial charge is 0.417 e. The maximum absolute atomic E-state index is 13.5. The highest BCUT2D eigenvalue weighted by Gasteiger charge is 2.43. The maximum Gasteiger partial charge on any atom is 0.417 e. The third kappa shape index (κ3) is 4.20. The summed E-state index contributed by atoms with van der Waals surface area (Å²) in [5, 5.41) is 11.0. The van der Waals surface area contributed by atoms with Crippen LogP contribution in [0.3, 0.4) is 0 Å². The average molecular weight is 480 g/mol. The Kier molecular flexibility index (Phi) is 5.46. The molecule has 0 spiro atoms. The van der Waals surface area contributed by atoms with Crippen molar-refractivity contribution in [2.75, 3.05) is 5.73 Å². The second kappa shape index (κ2) is 8.37. The number of aryl methyl sites for hydroxylation is 1. The van der Waals surface area contributed by atoms with E-state index in [9.17, 15) is 18.0 Å². The first-order valence-electron chi connectivity index (χ1n) is 11.2. The van der Waals surface area contributed by atoms with E-state index in [-0.39, 0.29) is 23.2 Å². The van der Waals surface area contributed by atoms with E-state index in [0.717, 1.165) is 34.4 Å². The van der Waals surface area contributed by atoms with E-state index in [1.165, 1.54) is 0 Å². The van der Waals surface area contributed by atoms with Crippen LogP contribution < -0.4 is 11.1 Å². The summed E-state index contributed by atoms with van der Waals surface area (Å²) in [6.07, 6.45) is 1.56. The third-order valence-electron chi connectivity index (χ3n) is 6.81. The number of amides is 1. The SMILES string of the molecule is CC(NC(=O)c1ccc2ncccc2c1)(c1ncc(C(F)(F)F)cc1N)C1CCc2cn[nH]c2C1. The molecular formula is C25H23F3N6O. The van der Waals surface area contributed by atoms with Gasteiger partial charge in [-0.2, -0.15) is 18.3 Å². The summed E-state index contributed by atoms with van der Waals surface area (Å²) >= 11 is 0. The number of carbonyl (C=O) groups excluding carboxylic acids is 1. The number of pyridine rings is 2. The number of anilines is 1. The number of rotatable bonds is 4. The molecule has 0 fully saturated rings. The monoisotopic (exact) mass is 480 g/mol. The number of nitrogens with two attached hydrogens (primary N) is 1. The van der Waals surface area contributed by atoms with Crippen LogP contribution in [-0.4, -0.2) is 26.1 Å². The van der Waals surface area contributed by atoms with Crippen molar-refractivity contribution in [2.45, 2.75) is 37.9 Å². The van der Waals surface area contributed by atoms with E-state index < -0.39 is 17.3 Å². The molecule has 180 valence electrons. The number of nitrogen functional groups attached to an aromatic ring is 1. The van der Waals surface area contributed by atoms with Gasteiger partial charge >= 0.3 is 6.18 Å². The standard InChI is InChI=1S/C25H23F3N6O/c1-24(17-6-4-16-12-32-34-21(16)11-17,22-19(29)10-18(13-31-22)25(26,27)28)33-23(35)15-5-7-20-14(9-15)3-2-8-30-20/h2-3,5,7-10,12-13,17H,4,6,11,29H2,1H3,(H,32,34)(H,33,35). The molecule has 10 heteroatoms. The molecule has 2 unspecified atom stereocenters. The second-order valence-electron chi connectivity index (χ2n) is 9.04. The molecule has 0 bridgehead atoms. The van der Waals surface area contributed by atoms with E-state index in [1.54, 1.807) is 43.6 Å². The molecule has 35 heavy (non-hydrogen) atoms. The van der Waals surface area contributed by atoms with Crippen molar-refractivity contribution in [2.24, 2.45) is 5.92 Å². The fraction of sp³-hybridized carbons (Fsp3) is 0.280. The van der Waals surface area contributed by atoms with Crippen LogP contribution in [0.4, 0.5) is 18.9 Å². The molecule has 1 aromatic carbocycles. The normalized spacial score (nSPS) is 17.5. The van der Waals surface area contributed by atoms with Gasteiger partial charge in [-0.25, -0.2) is 0 Å². The minimum atomic E-state index is -4.58. The van der Waals surface area contributed by atoms with Crippen molar-refractivity contribution in [3.8, 4) is 0 Å². The number of aromatic nitrogens is 4. The lowest BCUT2D eigenvalue weighted by molar-refractivity contribution is -0.137. The number of halogens is 3. The van der Waals surface area contributed by atoms with Crippen LogP contribution in [0.25, 0.3) is 10.9 Å². The van der Waals surface area contributed by atoms with Crippen molar-refractivity contribution in [1.82, 2.24) is 25.5 Å². The second-order valence-corrected chi connectivity index (χ2v) is 9.04.